The van der Waals surface area contributed by atoms with Crippen LogP contribution in [-0.2, 0) is 17.7 Å². The van der Waals surface area contributed by atoms with E-state index in [4.69, 9.17) is 21.3 Å². The summed E-state index contributed by atoms with van der Waals surface area (Å²) in [6, 6.07) is 6.43. The van der Waals surface area contributed by atoms with Gasteiger partial charge in [0.05, 0.1) is 11.0 Å². The van der Waals surface area contributed by atoms with Gasteiger partial charge in [-0.3, -0.25) is 0 Å². The number of halogens is 1. The number of hydrogen-bond acceptors (Lipinski definition) is 2. The predicted octanol–water partition coefficient (Wildman–Crippen LogP) is 4.19. The van der Waals surface area contributed by atoms with Crippen molar-refractivity contribution in [1.82, 2.24) is 9.55 Å². The Kier molecular flexibility index (Phi) is 6.07. The number of benzene rings is 1. The van der Waals surface area contributed by atoms with Gasteiger partial charge in [0.15, 0.2) is 0 Å². The zero-order valence-corrected chi connectivity index (χ0v) is 14.0. The van der Waals surface area contributed by atoms with Crippen LogP contribution >= 0.6 is 11.6 Å². The van der Waals surface area contributed by atoms with Crippen LogP contribution in [0.4, 0.5) is 0 Å². The van der Waals surface area contributed by atoms with Crippen molar-refractivity contribution < 1.29 is 4.74 Å². The molecule has 1 aromatic heterocycles. The van der Waals surface area contributed by atoms with Gasteiger partial charge in [0, 0.05) is 32.1 Å². The Morgan fingerprint density at radius 1 is 1.33 bits per heavy atom. The van der Waals surface area contributed by atoms with Crippen LogP contribution in [0.25, 0.3) is 11.0 Å². The number of aromatic nitrogens is 2. The molecule has 3 nitrogen and oxygen atoms in total. The van der Waals surface area contributed by atoms with Crippen molar-refractivity contribution in [2.45, 2.75) is 40.2 Å². The number of imidazole rings is 1. The van der Waals surface area contributed by atoms with Gasteiger partial charge in [0.25, 0.3) is 0 Å². The summed E-state index contributed by atoms with van der Waals surface area (Å²) in [5, 5.41) is 0. The Bertz CT molecular complexity index is 577. The number of alkyl halides is 1. The van der Waals surface area contributed by atoms with Crippen molar-refractivity contribution in [3.05, 3.63) is 29.6 Å². The SMILES string of the molecule is Cc1ccc2c(c1)nc(CCCl)n2CCCOCC(C)C. The van der Waals surface area contributed by atoms with Crippen LogP contribution < -0.4 is 0 Å². The zero-order chi connectivity index (χ0) is 15.2. The smallest absolute Gasteiger partial charge is 0.111 e. The van der Waals surface area contributed by atoms with Gasteiger partial charge in [-0.05, 0) is 37.0 Å². The number of fused-ring (bicyclic) bond motifs is 1. The topological polar surface area (TPSA) is 27.1 Å². The summed E-state index contributed by atoms with van der Waals surface area (Å²) < 4.78 is 7.95. The molecule has 0 bridgehead atoms. The molecule has 0 amide bonds. The second-order valence-electron chi connectivity index (χ2n) is 5.93. The van der Waals surface area contributed by atoms with E-state index in [-0.39, 0.29) is 0 Å². The Morgan fingerprint density at radius 2 is 2.14 bits per heavy atom. The van der Waals surface area contributed by atoms with Crippen LogP contribution in [0, 0.1) is 12.8 Å². The molecule has 0 spiro atoms. The first-order valence-corrected chi connectivity index (χ1v) is 8.24. The van der Waals surface area contributed by atoms with Gasteiger partial charge < -0.3 is 9.30 Å². The van der Waals surface area contributed by atoms with Crippen molar-refractivity contribution >= 4 is 22.6 Å². The first kappa shape index (κ1) is 16.3. The van der Waals surface area contributed by atoms with Crippen LogP contribution in [0.1, 0.15) is 31.7 Å². The summed E-state index contributed by atoms with van der Waals surface area (Å²) in [5.41, 5.74) is 3.51. The molecule has 0 aliphatic heterocycles. The van der Waals surface area contributed by atoms with Crippen molar-refractivity contribution in [1.29, 1.82) is 0 Å². The Hall–Kier alpha value is -1.06. The van der Waals surface area contributed by atoms with E-state index in [0.29, 0.717) is 11.8 Å². The van der Waals surface area contributed by atoms with E-state index in [1.165, 1.54) is 11.1 Å². The molecule has 0 saturated heterocycles. The summed E-state index contributed by atoms with van der Waals surface area (Å²) in [5.74, 6) is 2.27. The second kappa shape index (κ2) is 7.81. The number of nitrogens with zero attached hydrogens (tertiary/aromatic N) is 2. The maximum atomic E-state index is 5.91. The molecule has 116 valence electrons. The summed E-state index contributed by atoms with van der Waals surface area (Å²) in [4.78, 5) is 4.73. The average molecular weight is 309 g/mol. The molecule has 0 radical (unpaired) electrons. The molecule has 2 aromatic rings. The molecular weight excluding hydrogens is 284 g/mol. The molecule has 0 unspecified atom stereocenters. The van der Waals surface area contributed by atoms with Crippen molar-refractivity contribution in [2.24, 2.45) is 5.92 Å². The highest BCUT2D eigenvalue weighted by atomic mass is 35.5. The third kappa shape index (κ3) is 4.45. The maximum Gasteiger partial charge on any atom is 0.111 e. The highest BCUT2D eigenvalue weighted by molar-refractivity contribution is 6.17. The van der Waals surface area contributed by atoms with E-state index in [1.54, 1.807) is 0 Å². The van der Waals surface area contributed by atoms with E-state index in [2.05, 4.69) is 43.5 Å². The van der Waals surface area contributed by atoms with Crippen LogP contribution in [0.2, 0.25) is 0 Å². The van der Waals surface area contributed by atoms with Gasteiger partial charge in [-0.15, -0.1) is 11.6 Å². The minimum Gasteiger partial charge on any atom is -0.381 e. The molecular formula is C17H25ClN2O. The fourth-order valence-electron chi connectivity index (χ4n) is 2.46. The van der Waals surface area contributed by atoms with E-state index >= 15 is 0 Å². The largest absolute Gasteiger partial charge is 0.381 e. The van der Waals surface area contributed by atoms with Crippen molar-refractivity contribution in [3.8, 4) is 0 Å². The van der Waals surface area contributed by atoms with Crippen molar-refractivity contribution in [3.63, 3.8) is 0 Å². The highest BCUT2D eigenvalue weighted by Gasteiger charge is 2.10. The molecule has 0 N–H and O–H groups in total. The van der Waals surface area contributed by atoms with E-state index < -0.39 is 0 Å². The third-order valence-corrected chi connectivity index (χ3v) is 3.61. The van der Waals surface area contributed by atoms with E-state index in [0.717, 1.165) is 43.9 Å². The maximum absolute atomic E-state index is 5.91. The van der Waals surface area contributed by atoms with E-state index in [1.807, 2.05) is 0 Å². The standard InChI is InChI=1S/C17H25ClN2O/c1-13(2)12-21-10-4-9-20-16-6-5-14(3)11-15(16)19-17(20)7-8-18/h5-6,11,13H,4,7-10,12H2,1-3H3. The predicted molar refractivity (Wildman–Crippen MR) is 89.2 cm³/mol. The van der Waals surface area contributed by atoms with E-state index in [9.17, 15) is 0 Å². The highest BCUT2D eigenvalue weighted by Crippen LogP contribution is 2.19. The minimum atomic E-state index is 0.592. The molecule has 0 aliphatic carbocycles. The number of aryl methyl sites for hydroxylation is 3. The summed E-state index contributed by atoms with van der Waals surface area (Å²) >= 11 is 5.91. The summed E-state index contributed by atoms with van der Waals surface area (Å²) in [6.07, 6.45) is 1.81. The van der Waals surface area contributed by atoms with Crippen LogP contribution in [-0.4, -0.2) is 28.6 Å². The molecule has 0 aliphatic rings. The number of hydrogen-bond donors (Lipinski definition) is 0. The van der Waals surface area contributed by atoms with Crippen LogP contribution in [0.3, 0.4) is 0 Å². The van der Waals surface area contributed by atoms with Gasteiger partial charge in [-0.25, -0.2) is 4.98 Å². The van der Waals surface area contributed by atoms with Gasteiger partial charge in [-0.1, -0.05) is 19.9 Å². The lowest BCUT2D eigenvalue weighted by Crippen LogP contribution is -2.09. The van der Waals surface area contributed by atoms with Crippen LogP contribution in [0.5, 0.6) is 0 Å². The molecule has 0 fully saturated rings. The first-order chi connectivity index (χ1) is 10.1. The molecule has 21 heavy (non-hydrogen) atoms. The lowest BCUT2D eigenvalue weighted by atomic mass is 10.2. The minimum absolute atomic E-state index is 0.592. The van der Waals surface area contributed by atoms with Crippen molar-refractivity contribution in [2.75, 3.05) is 19.1 Å². The normalized spacial score (nSPS) is 11.7. The first-order valence-electron chi connectivity index (χ1n) is 7.71. The Balaban J connectivity index is 2.07. The van der Waals surface area contributed by atoms with Gasteiger partial charge in [0.1, 0.15) is 5.82 Å². The Morgan fingerprint density at radius 3 is 2.86 bits per heavy atom. The van der Waals surface area contributed by atoms with Crippen LogP contribution in [0.15, 0.2) is 18.2 Å². The second-order valence-corrected chi connectivity index (χ2v) is 6.31. The average Bonchev–Trinajstić information content (AvgIpc) is 2.75. The molecule has 1 heterocycles. The lowest BCUT2D eigenvalue weighted by Gasteiger charge is -2.10. The third-order valence-electron chi connectivity index (χ3n) is 3.42. The van der Waals surface area contributed by atoms with Gasteiger partial charge in [-0.2, -0.15) is 0 Å². The lowest BCUT2D eigenvalue weighted by molar-refractivity contribution is 0.105. The quantitative estimate of drug-likeness (QED) is 0.540. The molecule has 2 rings (SSSR count). The Labute approximate surface area is 132 Å². The zero-order valence-electron chi connectivity index (χ0n) is 13.2. The fraction of sp³-hybridized carbons (Fsp3) is 0.588. The molecule has 0 atom stereocenters. The molecule has 1 aromatic carbocycles. The fourth-order valence-corrected chi connectivity index (χ4v) is 2.63. The van der Waals surface area contributed by atoms with Gasteiger partial charge >= 0.3 is 0 Å². The molecule has 4 heteroatoms. The number of ether oxygens (including phenoxy) is 1. The number of rotatable bonds is 8. The monoisotopic (exact) mass is 308 g/mol. The summed E-state index contributed by atoms with van der Waals surface area (Å²) in [7, 11) is 0. The van der Waals surface area contributed by atoms with Gasteiger partial charge in [0.2, 0.25) is 0 Å². The summed E-state index contributed by atoms with van der Waals surface area (Å²) in [6.45, 7) is 9.00. The molecule has 0 saturated carbocycles.